The first-order chi connectivity index (χ1) is 16.8. The highest BCUT2D eigenvalue weighted by Gasteiger charge is 2.16. The third-order valence-corrected chi connectivity index (χ3v) is 4.82. The van der Waals surface area contributed by atoms with E-state index < -0.39 is 10.8 Å². The van der Waals surface area contributed by atoms with Crippen molar-refractivity contribution >= 4 is 23.4 Å². The predicted octanol–water partition coefficient (Wildman–Crippen LogP) is 4.88. The molecule has 3 aromatic rings. The summed E-state index contributed by atoms with van der Waals surface area (Å²) in [6, 6.07) is 16.3. The number of carbonyl (C=O) groups excluding carboxylic acids is 1. The van der Waals surface area contributed by atoms with Crippen LogP contribution in [0.1, 0.15) is 11.1 Å². The number of benzene rings is 3. The number of hydrogen-bond donors (Lipinski definition) is 1. The Labute approximate surface area is 200 Å². The number of rotatable bonds is 9. The predicted molar refractivity (Wildman–Crippen MR) is 126 cm³/mol. The number of nitrogens with zero attached hydrogens (tertiary/aromatic N) is 2. The van der Waals surface area contributed by atoms with Gasteiger partial charge in [-0.1, -0.05) is 18.2 Å². The van der Waals surface area contributed by atoms with Gasteiger partial charge in [0.1, 0.15) is 29.8 Å². The molecule has 1 N–H and O–H groups in total. The van der Waals surface area contributed by atoms with Crippen molar-refractivity contribution in [3.63, 3.8) is 0 Å². The number of nitro benzene ring substituents is 1. The standard InChI is InChI=1S/C25H20FN3O6/c1-33-23-13-20(29(31)32)8-9-21(23)28-25(30)18(14-27)11-17-5-10-22(24(12-17)34-2)35-15-16-3-6-19(26)7-4-16/h3-13H,15H2,1-2H3,(H,28,30)/b18-11+. The monoisotopic (exact) mass is 477 g/mol. The van der Waals surface area contributed by atoms with Gasteiger partial charge in [-0.3, -0.25) is 14.9 Å². The molecule has 1 amide bonds. The summed E-state index contributed by atoms with van der Waals surface area (Å²) in [4.78, 5) is 23.0. The van der Waals surface area contributed by atoms with Crippen molar-refractivity contribution in [2.24, 2.45) is 0 Å². The minimum Gasteiger partial charge on any atom is -0.494 e. The lowest BCUT2D eigenvalue weighted by molar-refractivity contribution is -0.384. The van der Waals surface area contributed by atoms with E-state index in [2.05, 4.69) is 5.32 Å². The summed E-state index contributed by atoms with van der Waals surface area (Å²) in [5, 5.41) is 23.0. The topological polar surface area (TPSA) is 124 Å². The molecular formula is C25H20FN3O6. The van der Waals surface area contributed by atoms with Gasteiger partial charge in [0.25, 0.3) is 11.6 Å². The van der Waals surface area contributed by atoms with Gasteiger partial charge < -0.3 is 19.5 Å². The molecule has 10 heteroatoms. The van der Waals surface area contributed by atoms with Crippen LogP contribution in [-0.2, 0) is 11.4 Å². The summed E-state index contributed by atoms with van der Waals surface area (Å²) in [6.45, 7) is 0.189. The molecule has 0 aromatic heterocycles. The number of halogens is 1. The van der Waals surface area contributed by atoms with Gasteiger partial charge in [0.15, 0.2) is 11.5 Å². The largest absolute Gasteiger partial charge is 0.494 e. The number of methoxy groups -OCH3 is 2. The third kappa shape index (κ3) is 6.33. The maximum atomic E-state index is 13.1. The molecule has 3 rings (SSSR count). The van der Waals surface area contributed by atoms with Crippen LogP contribution in [0.4, 0.5) is 15.8 Å². The van der Waals surface area contributed by atoms with Gasteiger partial charge in [0.05, 0.1) is 30.9 Å². The average molecular weight is 477 g/mol. The van der Waals surface area contributed by atoms with Crippen molar-refractivity contribution in [2.45, 2.75) is 6.61 Å². The first kappa shape index (κ1) is 24.7. The maximum absolute atomic E-state index is 13.1. The number of nitriles is 1. The Kier molecular flexibility index (Phi) is 7.98. The van der Waals surface area contributed by atoms with Crippen molar-refractivity contribution < 1.29 is 28.3 Å². The fourth-order valence-corrected chi connectivity index (χ4v) is 3.04. The van der Waals surface area contributed by atoms with Crippen molar-refractivity contribution in [3.05, 3.63) is 93.3 Å². The van der Waals surface area contributed by atoms with Crippen molar-refractivity contribution in [1.29, 1.82) is 5.26 Å². The molecule has 0 heterocycles. The van der Waals surface area contributed by atoms with Gasteiger partial charge in [-0.15, -0.1) is 0 Å². The lowest BCUT2D eigenvalue weighted by Crippen LogP contribution is -2.14. The molecule has 0 aliphatic rings. The Hall–Kier alpha value is -4.91. The van der Waals surface area contributed by atoms with Gasteiger partial charge in [0.2, 0.25) is 0 Å². The van der Waals surface area contributed by atoms with Crippen molar-refractivity contribution in [3.8, 4) is 23.3 Å². The van der Waals surface area contributed by atoms with Crippen molar-refractivity contribution in [1.82, 2.24) is 0 Å². The first-order valence-corrected chi connectivity index (χ1v) is 10.2. The van der Waals surface area contributed by atoms with E-state index >= 15 is 0 Å². The minimum atomic E-state index is -0.727. The van der Waals surface area contributed by atoms with Crippen LogP contribution in [0.2, 0.25) is 0 Å². The zero-order valence-corrected chi connectivity index (χ0v) is 18.8. The molecule has 0 spiro atoms. The molecule has 0 atom stereocenters. The fourth-order valence-electron chi connectivity index (χ4n) is 3.04. The molecule has 0 aliphatic heterocycles. The number of anilines is 1. The molecule has 0 saturated carbocycles. The highest BCUT2D eigenvalue weighted by atomic mass is 19.1. The van der Waals surface area contributed by atoms with Gasteiger partial charge >= 0.3 is 0 Å². The van der Waals surface area contributed by atoms with Crippen molar-refractivity contribution in [2.75, 3.05) is 19.5 Å². The van der Waals surface area contributed by atoms with Gasteiger partial charge in [0, 0.05) is 6.07 Å². The quantitative estimate of drug-likeness (QED) is 0.202. The molecule has 0 aliphatic carbocycles. The van der Waals surface area contributed by atoms with Crippen LogP contribution in [-0.4, -0.2) is 25.1 Å². The summed E-state index contributed by atoms with van der Waals surface area (Å²) in [6.07, 6.45) is 1.36. The van der Waals surface area contributed by atoms with Crippen LogP contribution in [0.3, 0.4) is 0 Å². The summed E-state index contributed by atoms with van der Waals surface area (Å²) >= 11 is 0. The number of nitrogens with one attached hydrogen (secondary N) is 1. The Balaban J connectivity index is 1.77. The zero-order chi connectivity index (χ0) is 25.4. The number of nitro groups is 1. The third-order valence-electron chi connectivity index (χ3n) is 4.82. The first-order valence-electron chi connectivity index (χ1n) is 10.2. The molecule has 0 saturated heterocycles. The second-order valence-electron chi connectivity index (χ2n) is 7.09. The average Bonchev–Trinajstić information content (AvgIpc) is 2.87. The molecule has 0 bridgehead atoms. The van der Waals surface area contributed by atoms with E-state index in [4.69, 9.17) is 14.2 Å². The second-order valence-corrected chi connectivity index (χ2v) is 7.09. The van der Waals surface area contributed by atoms with Crippen LogP contribution in [0.25, 0.3) is 6.08 Å². The van der Waals surface area contributed by atoms with Crippen LogP contribution in [0.15, 0.2) is 66.2 Å². The number of amides is 1. The summed E-state index contributed by atoms with van der Waals surface area (Å²) < 4.78 is 29.3. The normalized spacial score (nSPS) is 10.7. The molecular weight excluding hydrogens is 457 g/mol. The van der Waals surface area contributed by atoms with E-state index in [-0.39, 0.29) is 35.1 Å². The fraction of sp³-hybridized carbons (Fsp3) is 0.120. The maximum Gasteiger partial charge on any atom is 0.273 e. The van der Waals surface area contributed by atoms with E-state index in [0.29, 0.717) is 17.1 Å². The molecule has 9 nitrogen and oxygen atoms in total. The summed E-state index contributed by atoms with van der Waals surface area (Å²) in [5.74, 6) is -0.195. The van der Waals surface area contributed by atoms with E-state index in [9.17, 15) is 24.6 Å². The van der Waals surface area contributed by atoms with Crippen LogP contribution in [0, 0.1) is 27.3 Å². The SMILES string of the molecule is COc1cc([N+](=O)[O-])ccc1NC(=O)/C(C#N)=C/c1ccc(OCc2ccc(F)cc2)c(OC)c1. The molecule has 35 heavy (non-hydrogen) atoms. The van der Waals surface area contributed by atoms with Gasteiger partial charge in [-0.25, -0.2) is 4.39 Å². The molecule has 0 fully saturated rings. The van der Waals surface area contributed by atoms with E-state index in [0.717, 1.165) is 5.56 Å². The molecule has 3 aromatic carbocycles. The Morgan fingerprint density at radius 1 is 1.06 bits per heavy atom. The van der Waals surface area contributed by atoms with Crippen LogP contribution >= 0.6 is 0 Å². The Bertz CT molecular complexity index is 1320. The Morgan fingerprint density at radius 2 is 1.77 bits per heavy atom. The minimum absolute atomic E-state index is 0.0779. The smallest absolute Gasteiger partial charge is 0.273 e. The molecule has 178 valence electrons. The van der Waals surface area contributed by atoms with Crippen LogP contribution in [0.5, 0.6) is 17.2 Å². The summed E-state index contributed by atoms with van der Waals surface area (Å²) in [5.41, 5.74) is 1.02. The number of ether oxygens (including phenoxy) is 3. The molecule has 0 radical (unpaired) electrons. The number of hydrogen-bond acceptors (Lipinski definition) is 7. The van der Waals surface area contributed by atoms with E-state index in [1.54, 1.807) is 30.3 Å². The zero-order valence-electron chi connectivity index (χ0n) is 18.8. The second kappa shape index (κ2) is 11.3. The van der Waals surface area contributed by atoms with Crippen LogP contribution < -0.4 is 19.5 Å². The Morgan fingerprint density at radius 3 is 2.40 bits per heavy atom. The van der Waals surface area contributed by atoms with Gasteiger partial charge in [-0.05, 0) is 47.5 Å². The van der Waals surface area contributed by atoms with E-state index in [1.165, 1.54) is 50.6 Å². The lowest BCUT2D eigenvalue weighted by Gasteiger charge is -2.12. The highest BCUT2D eigenvalue weighted by Crippen LogP contribution is 2.31. The summed E-state index contributed by atoms with van der Waals surface area (Å²) in [7, 11) is 2.76. The lowest BCUT2D eigenvalue weighted by atomic mass is 10.1. The molecule has 0 unspecified atom stereocenters. The van der Waals surface area contributed by atoms with E-state index in [1.807, 2.05) is 6.07 Å². The number of non-ortho nitro benzene ring substituents is 1. The van der Waals surface area contributed by atoms with Gasteiger partial charge in [-0.2, -0.15) is 5.26 Å². The number of carbonyl (C=O) groups is 1. The highest BCUT2D eigenvalue weighted by molar-refractivity contribution is 6.10.